The number of pyridine rings is 2. The molecule has 8 aromatic rings. The van der Waals surface area contributed by atoms with Crippen LogP contribution in [-0.2, 0) is 31.9 Å². The van der Waals surface area contributed by atoms with Gasteiger partial charge in [0.25, 0.3) is 0 Å². The molecule has 0 fully saturated rings. The SMILES string of the molecule is CN1[CH-]N(c2[c-]c(C3(c4[c-]c5c(cc4)c4ccccc4n5-c4cc(C(C)(C)C)ccn4)c4ccccc4Oc4ccccc43)ncc2)c2ccccc21.[Pt]. The number of hydrogen-bond acceptors (Lipinski definition) is 5. The minimum Gasteiger partial charge on any atom is -0.504 e. The van der Waals surface area contributed by atoms with Gasteiger partial charge in [0.15, 0.2) is 0 Å². The maximum absolute atomic E-state index is 6.65. The van der Waals surface area contributed by atoms with Crippen LogP contribution >= 0.6 is 0 Å². The van der Waals surface area contributed by atoms with Gasteiger partial charge >= 0.3 is 0 Å². The Hall–Kier alpha value is -5.71. The number of rotatable bonds is 4. The van der Waals surface area contributed by atoms with Crippen molar-refractivity contribution in [1.29, 1.82) is 0 Å². The summed E-state index contributed by atoms with van der Waals surface area (Å²) in [5, 5.41) is 2.25. The first-order valence-corrected chi connectivity index (χ1v) is 18.0. The Morgan fingerprint density at radius 3 is 2.11 bits per heavy atom. The number of fused-ring (bicyclic) bond motifs is 6. The Bertz CT molecular complexity index is 2680. The van der Waals surface area contributed by atoms with Crippen molar-refractivity contribution in [3.05, 3.63) is 187 Å². The van der Waals surface area contributed by atoms with Crippen LogP contribution in [0.25, 0.3) is 27.6 Å². The van der Waals surface area contributed by atoms with Crippen LogP contribution in [0.3, 0.4) is 0 Å². The van der Waals surface area contributed by atoms with E-state index < -0.39 is 5.41 Å². The molecule has 268 valence electrons. The molecule has 0 radical (unpaired) electrons. The zero-order chi connectivity index (χ0) is 35.9. The van der Waals surface area contributed by atoms with Crippen LogP contribution in [0, 0.1) is 18.8 Å². The van der Waals surface area contributed by atoms with Gasteiger partial charge in [-0.15, -0.1) is 10.9 Å². The second kappa shape index (κ2) is 12.7. The number of para-hydroxylation sites is 5. The molecule has 54 heavy (non-hydrogen) atoms. The molecule has 6 nitrogen and oxygen atoms in total. The smallest absolute Gasteiger partial charge is 0.135 e. The van der Waals surface area contributed by atoms with Gasteiger partial charge in [-0.1, -0.05) is 99.2 Å². The van der Waals surface area contributed by atoms with E-state index in [2.05, 4.69) is 158 Å². The van der Waals surface area contributed by atoms with Crippen molar-refractivity contribution in [2.75, 3.05) is 16.8 Å². The molecule has 2 aliphatic heterocycles. The van der Waals surface area contributed by atoms with Crippen LogP contribution in [0.2, 0.25) is 0 Å². The number of ether oxygens (including phenoxy) is 1. The van der Waals surface area contributed by atoms with E-state index in [1.54, 1.807) is 0 Å². The maximum Gasteiger partial charge on any atom is 0.135 e. The van der Waals surface area contributed by atoms with E-state index in [0.29, 0.717) is 0 Å². The molecule has 0 bridgehead atoms. The standard InChI is InChI=1S/C47H36N5O.Pt/c1-46(2,3)31-23-25-49-45(28-31)52-38-16-8-5-13-34(38)35-22-21-32(27-41(35)52)47(36-14-6-11-19-42(36)53-43-20-12-7-15-37(43)47)44-29-33(24-26-48-44)51-30-50(4)39-17-9-10-18-40(39)51;/h5-26,28,30H,1-4H3;/q-3;. The summed E-state index contributed by atoms with van der Waals surface area (Å²) in [6.07, 6.45) is 3.82. The van der Waals surface area contributed by atoms with Crippen LogP contribution in [0.1, 0.15) is 48.7 Å². The molecule has 0 spiro atoms. The molecular weight excluding hydrogens is 846 g/mol. The van der Waals surface area contributed by atoms with Crippen LogP contribution < -0.4 is 14.5 Å². The fourth-order valence-corrected chi connectivity index (χ4v) is 8.19. The average molecular weight is 882 g/mol. The van der Waals surface area contributed by atoms with Gasteiger partial charge in [-0.05, 0) is 71.6 Å². The summed E-state index contributed by atoms with van der Waals surface area (Å²) >= 11 is 0. The summed E-state index contributed by atoms with van der Waals surface area (Å²) in [7, 11) is 2.07. The molecule has 0 unspecified atom stereocenters. The molecule has 7 heteroatoms. The summed E-state index contributed by atoms with van der Waals surface area (Å²) in [5.41, 5.74) is 9.04. The third kappa shape index (κ3) is 5.04. The minimum absolute atomic E-state index is 0. The molecule has 0 amide bonds. The minimum atomic E-state index is -0.928. The number of nitrogens with zero attached hydrogens (tertiary/aromatic N) is 5. The Kier molecular flexibility index (Phi) is 8.02. The van der Waals surface area contributed by atoms with Gasteiger partial charge in [-0.3, -0.25) is 4.98 Å². The van der Waals surface area contributed by atoms with Crippen molar-refractivity contribution in [3.8, 4) is 17.3 Å². The molecule has 0 N–H and O–H groups in total. The summed E-state index contributed by atoms with van der Waals surface area (Å²) in [5.74, 6) is 2.41. The Morgan fingerprint density at radius 1 is 0.685 bits per heavy atom. The number of anilines is 3. The van der Waals surface area contributed by atoms with Crippen LogP contribution in [-0.4, -0.2) is 21.6 Å². The molecule has 0 aliphatic carbocycles. The van der Waals surface area contributed by atoms with Gasteiger partial charge in [0, 0.05) is 55.3 Å². The zero-order valence-electron chi connectivity index (χ0n) is 30.3. The molecule has 2 aliphatic rings. The summed E-state index contributed by atoms with van der Waals surface area (Å²) < 4.78 is 8.90. The van der Waals surface area contributed by atoms with Crippen molar-refractivity contribution in [2.45, 2.75) is 31.6 Å². The predicted octanol–water partition coefficient (Wildman–Crippen LogP) is 10.7. The third-order valence-corrected chi connectivity index (χ3v) is 10.7. The molecule has 10 rings (SSSR count). The van der Waals surface area contributed by atoms with E-state index >= 15 is 0 Å². The quantitative estimate of drug-likeness (QED) is 0.165. The van der Waals surface area contributed by atoms with Gasteiger partial charge in [0.05, 0.1) is 5.41 Å². The number of aromatic nitrogens is 3. The fraction of sp³-hybridized carbons (Fsp3) is 0.128. The Labute approximate surface area is 330 Å². The van der Waals surface area contributed by atoms with Gasteiger partial charge in [0.1, 0.15) is 17.3 Å². The van der Waals surface area contributed by atoms with Gasteiger partial charge in [-0.2, -0.15) is 36.6 Å². The summed E-state index contributed by atoms with van der Waals surface area (Å²) in [4.78, 5) is 14.5. The second-order valence-corrected chi connectivity index (χ2v) is 14.9. The largest absolute Gasteiger partial charge is 0.504 e. The molecule has 5 aromatic carbocycles. The van der Waals surface area contributed by atoms with E-state index in [0.717, 1.165) is 78.6 Å². The first-order valence-electron chi connectivity index (χ1n) is 18.0. The first-order chi connectivity index (χ1) is 25.8. The maximum atomic E-state index is 6.65. The van der Waals surface area contributed by atoms with Crippen molar-refractivity contribution < 1.29 is 25.8 Å². The van der Waals surface area contributed by atoms with Crippen LogP contribution in [0.15, 0.2) is 140 Å². The van der Waals surface area contributed by atoms with Crippen molar-refractivity contribution >= 4 is 38.9 Å². The normalized spacial score (nSPS) is 14.3. The van der Waals surface area contributed by atoms with Crippen LogP contribution in [0.4, 0.5) is 17.1 Å². The second-order valence-electron chi connectivity index (χ2n) is 14.9. The molecular formula is C47H36N5OPt-3. The van der Waals surface area contributed by atoms with Crippen molar-refractivity contribution in [1.82, 2.24) is 14.5 Å². The summed E-state index contributed by atoms with van der Waals surface area (Å²) in [6.45, 7) is 8.81. The first kappa shape index (κ1) is 34.1. The van der Waals surface area contributed by atoms with Gasteiger partial charge in [-0.25, -0.2) is 11.1 Å². The molecule has 5 heterocycles. The summed E-state index contributed by atoms with van der Waals surface area (Å²) in [6, 6.07) is 52.2. The van der Waals surface area contributed by atoms with E-state index in [1.807, 2.05) is 42.7 Å². The van der Waals surface area contributed by atoms with E-state index in [-0.39, 0.29) is 26.5 Å². The number of hydrogen-bond donors (Lipinski definition) is 0. The topological polar surface area (TPSA) is 46.4 Å². The zero-order valence-corrected chi connectivity index (χ0v) is 32.6. The van der Waals surface area contributed by atoms with E-state index in [1.165, 1.54) is 5.56 Å². The van der Waals surface area contributed by atoms with E-state index in [4.69, 9.17) is 14.7 Å². The number of benzene rings is 5. The Morgan fingerprint density at radius 2 is 1.35 bits per heavy atom. The van der Waals surface area contributed by atoms with Crippen LogP contribution in [0.5, 0.6) is 11.5 Å². The van der Waals surface area contributed by atoms with Gasteiger partial charge in [0.2, 0.25) is 0 Å². The van der Waals surface area contributed by atoms with E-state index in [9.17, 15) is 0 Å². The predicted molar refractivity (Wildman–Crippen MR) is 212 cm³/mol. The molecule has 3 aromatic heterocycles. The molecule has 0 atom stereocenters. The Balaban J connectivity index is 0.00000384. The van der Waals surface area contributed by atoms with Crippen molar-refractivity contribution in [2.24, 2.45) is 0 Å². The average Bonchev–Trinajstić information content (AvgIpc) is 3.71. The molecule has 0 saturated heterocycles. The molecule has 0 saturated carbocycles. The fourth-order valence-electron chi connectivity index (χ4n) is 8.19. The monoisotopic (exact) mass is 881 g/mol. The van der Waals surface area contributed by atoms with Gasteiger partial charge < -0.3 is 19.1 Å². The van der Waals surface area contributed by atoms with Crippen molar-refractivity contribution in [3.63, 3.8) is 0 Å². The third-order valence-electron chi connectivity index (χ3n) is 10.7.